The second-order valence-corrected chi connectivity index (χ2v) is 6.66. The van der Waals surface area contributed by atoms with E-state index in [4.69, 9.17) is 4.74 Å². The standard InChI is InChI=1S/C20H22N4O2/c1-15-12-23(13-16-6-2-3-7-18(16)26-15)14-20(25)22-11-17-10-21-19-8-4-5-9-24(17)19/h2-10,15H,11-14H2,1H3,(H,22,25). The summed E-state index contributed by atoms with van der Waals surface area (Å²) in [5, 5.41) is 3.00. The first-order valence-electron chi connectivity index (χ1n) is 8.83. The van der Waals surface area contributed by atoms with Crippen molar-refractivity contribution in [1.29, 1.82) is 0 Å². The molecular formula is C20H22N4O2. The van der Waals surface area contributed by atoms with Crippen molar-refractivity contribution >= 4 is 11.6 Å². The molecule has 3 heterocycles. The average molecular weight is 350 g/mol. The Morgan fingerprint density at radius 1 is 1.27 bits per heavy atom. The van der Waals surface area contributed by atoms with E-state index < -0.39 is 0 Å². The van der Waals surface area contributed by atoms with Gasteiger partial charge in [0.25, 0.3) is 0 Å². The highest BCUT2D eigenvalue weighted by atomic mass is 16.5. The lowest BCUT2D eigenvalue weighted by Gasteiger charge is -2.21. The van der Waals surface area contributed by atoms with Crippen LogP contribution in [-0.2, 0) is 17.9 Å². The first-order valence-corrected chi connectivity index (χ1v) is 8.83. The third-order valence-corrected chi connectivity index (χ3v) is 4.54. The van der Waals surface area contributed by atoms with E-state index in [-0.39, 0.29) is 12.0 Å². The van der Waals surface area contributed by atoms with Crippen LogP contribution in [0.5, 0.6) is 5.75 Å². The van der Waals surface area contributed by atoms with Gasteiger partial charge in [-0.2, -0.15) is 0 Å². The summed E-state index contributed by atoms with van der Waals surface area (Å²) in [6.45, 7) is 4.27. The molecule has 0 bridgehead atoms. The van der Waals surface area contributed by atoms with Crippen LogP contribution in [0.15, 0.2) is 54.9 Å². The Morgan fingerprint density at radius 3 is 3.04 bits per heavy atom. The smallest absolute Gasteiger partial charge is 0.234 e. The molecule has 6 nitrogen and oxygen atoms in total. The monoisotopic (exact) mass is 350 g/mol. The fourth-order valence-corrected chi connectivity index (χ4v) is 3.36. The van der Waals surface area contributed by atoms with Gasteiger partial charge in [0.15, 0.2) is 0 Å². The maximum atomic E-state index is 12.5. The maximum absolute atomic E-state index is 12.5. The van der Waals surface area contributed by atoms with Gasteiger partial charge in [-0.25, -0.2) is 4.98 Å². The molecule has 0 saturated carbocycles. The molecule has 1 atom stereocenters. The van der Waals surface area contributed by atoms with Gasteiger partial charge in [-0.3, -0.25) is 9.69 Å². The Kier molecular flexibility index (Phi) is 4.58. The van der Waals surface area contributed by atoms with E-state index in [0.717, 1.165) is 29.2 Å². The number of para-hydroxylation sites is 1. The largest absolute Gasteiger partial charge is 0.489 e. The summed E-state index contributed by atoms with van der Waals surface area (Å²) in [5.74, 6) is 0.913. The number of nitrogens with one attached hydrogen (secondary N) is 1. The van der Waals surface area contributed by atoms with Crippen molar-refractivity contribution < 1.29 is 9.53 Å². The zero-order valence-corrected chi connectivity index (χ0v) is 14.8. The van der Waals surface area contributed by atoms with Crippen LogP contribution in [0.25, 0.3) is 5.65 Å². The average Bonchev–Trinajstić information content (AvgIpc) is 2.97. The Morgan fingerprint density at radius 2 is 2.12 bits per heavy atom. The van der Waals surface area contributed by atoms with Crippen molar-refractivity contribution in [3.05, 3.63) is 66.1 Å². The minimum atomic E-state index is 0.00228. The SMILES string of the molecule is CC1CN(CC(=O)NCc2cnc3ccccn23)Cc2ccccc2O1. The van der Waals surface area contributed by atoms with Gasteiger partial charge in [0.1, 0.15) is 17.5 Å². The fraction of sp³-hybridized carbons (Fsp3) is 0.300. The van der Waals surface area contributed by atoms with E-state index in [9.17, 15) is 4.79 Å². The van der Waals surface area contributed by atoms with Crippen molar-refractivity contribution in [2.45, 2.75) is 26.1 Å². The van der Waals surface area contributed by atoms with Gasteiger partial charge in [-0.15, -0.1) is 0 Å². The van der Waals surface area contributed by atoms with Crippen LogP contribution in [0.4, 0.5) is 0 Å². The Hall–Kier alpha value is -2.86. The molecule has 0 saturated heterocycles. The van der Waals surface area contributed by atoms with E-state index in [0.29, 0.717) is 19.6 Å². The highest BCUT2D eigenvalue weighted by Gasteiger charge is 2.21. The van der Waals surface area contributed by atoms with Gasteiger partial charge in [0.05, 0.1) is 25.0 Å². The highest BCUT2D eigenvalue weighted by molar-refractivity contribution is 5.78. The van der Waals surface area contributed by atoms with Crippen molar-refractivity contribution in [1.82, 2.24) is 19.6 Å². The zero-order chi connectivity index (χ0) is 17.9. The van der Waals surface area contributed by atoms with E-state index in [1.165, 1.54) is 0 Å². The Bertz CT molecular complexity index is 921. The molecule has 1 aromatic carbocycles. The van der Waals surface area contributed by atoms with Crippen LogP contribution < -0.4 is 10.1 Å². The van der Waals surface area contributed by atoms with E-state index in [1.54, 1.807) is 6.20 Å². The van der Waals surface area contributed by atoms with Gasteiger partial charge < -0.3 is 14.5 Å². The number of hydrogen-bond donors (Lipinski definition) is 1. The summed E-state index contributed by atoms with van der Waals surface area (Å²) in [6.07, 6.45) is 3.80. The number of rotatable bonds is 4. The van der Waals surface area contributed by atoms with Crippen LogP contribution in [0.3, 0.4) is 0 Å². The summed E-state index contributed by atoms with van der Waals surface area (Å²) in [6, 6.07) is 13.9. The third kappa shape index (κ3) is 3.55. The van der Waals surface area contributed by atoms with Crippen LogP contribution >= 0.6 is 0 Å². The number of amides is 1. The van der Waals surface area contributed by atoms with Gasteiger partial charge in [-0.05, 0) is 25.1 Å². The first kappa shape index (κ1) is 16.6. The second kappa shape index (κ2) is 7.17. The number of nitrogens with zero attached hydrogens (tertiary/aromatic N) is 3. The van der Waals surface area contributed by atoms with Crippen LogP contribution in [-0.4, -0.2) is 39.4 Å². The molecule has 4 rings (SSSR count). The van der Waals surface area contributed by atoms with Crippen LogP contribution in [0.1, 0.15) is 18.2 Å². The van der Waals surface area contributed by atoms with Crippen molar-refractivity contribution in [3.63, 3.8) is 0 Å². The lowest BCUT2D eigenvalue weighted by atomic mass is 10.2. The minimum Gasteiger partial charge on any atom is -0.489 e. The van der Waals surface area contributed by atoms with Crippen molar-refractivity contribution in [2.24, 2.45) is 0 Å². The molecule has 1 N–H and O–H groups in total. The summed E-state index contributed by atoms with van der Waals surface area (Å²) in [5.41, 5.74) is 2.96. The molecule has 3 aromatic rings. The van der Waals surface area contributed by atoms with Crippen molar-refractivity contribution in [3.8, 4) is 5.75 Å². The summed E-state index contributed by atoms with van der Waals surface area (Å²) in [4.78, 5) is 18.9. The van der Waals surface area contributed by atoms with E-state index in [1.807, 2.05) is 53.9 Å². The minimum absolute atomic E-state index is 0.00228. The Labute approximate surface area is 152 Å². The highest BCUT2D eigenvalue weighted by Crippen LogP contribution is 2.24. The number of carbonyl (C=O) groups is 1. The van der Waals surface area contributed by atoms with Crippen LogP contribution in [0.2, 0.25) is 0 Å². The lowest BCUT2D eigenvalue weighted by Crippen LogP contribution is -2.39. The van der Waals surface area contributed by atoms with E-state index in [2.05, 4.69) is 21.3 Å². The molecule has 0 spiro atoms. The molecule has 134 valence electrons. The number of pyridine rings is 1. The summed E-state index contributed by atoms with van der Waals surface area (Å²) >= 11 is 0. The number of hydrogen-bond acceptors (Lipinski definition) is 4. The fourth-order valence-electron chi connectivity index (χ4n) is 3.36. The number of benzene rings is 1. The molecule has 26 heavy (non-hydrogen) atoms. The maximum Gasteiger partial charge on any atom is 0.234 e. The molecule has 1 aliphatic rings. The van der Waals surface area contributed by atoms with Crippen LogP contribution in [0, 0.1) is 0 Å². The molecule has 0 radical (unpaired) electrons. The Balaban J connectivity index is 1.38. The van der Waals surface area contributed by atoms with Gasteiger partial charge in [0, 0.05) is 24.8 Å². The number of carbonyl (C=O) groups excluding carboxylic acids is 1. The normalized spacial score (nSPS) is 17.3. The zero-order valence-electron chi connectivity index (χ0n) is 14.8. The number of ether oxygens (including phenoxy) is 1. The topological polar surface area (TPSA) is 58.9 Å². The second-order valence-electron chi connectivity index (χ2n) is 6.66. The number of aromatic nitrogens is 2. The molecule has 6 heteroatoms. The van der Waals surface area contributed by atoms with Crippen molar-refractivity contribution in [2.75, 3.05) is 13.1 Å². The van der Waals surface area contributed by atoms with E-state index >= 15 is 0 Å². The molecule has 1 aliphatic heterocycles. The number of fused-ring (bicyclic) bond motifs is 2. The van der Waals surface area contributed by atoms with Gasteiger partial charge in [0.2, 0.25) is 5.91 Å². The number of imidazole rings is 1. The molecule has 2 aromatic heterocycles. The van der Waals surface area contributed by atoms with Gasteiger partial charge >= 0.3 is 0 Å². The predicted octanol–water partition coefficient (Wildman–Crippen LogP) is 2.23. The first-order chi connectivity index (χ1) is 12.7. The molecule has 0 aliphatic carbocycles. The molecule has 1 unspecified atom stereocenters. The summed E-state index contributed by atoms with van der Waals surface area (Å²) < 4.78 is 7.94. The molecule has 0 fully saturated rings. The third-order valence-electron chi connectivity index (χ3n) is 4.54. The summed E-state index contributed by atoms with van der Waals surface area (Å²) in [7, 11) is 0. The lowest BCUT2D eigenvalue weighted by molar-refractivity contribution is -0.122. The van der Waals surface area contributed by atoms with Gasteiger partial charge in [-0.1, -0.05) is 24.3 Å². The molecule has 1 amide bonds. The predicted molar refractivity (Wildman–Crippen MR) is 98.8 cm³/mol. The molecular weight excluding hydrogens is 328 g/mol. The quantitative estimate of drug-likeness (QED) is 0.784.